The maximum absolute atomic E-state index is 13.3. The van der Waals surface area contributed by atoms with Crippen LogP contribution in [-0.4, -0.2) is 48.1 Å². The first-order valence-electron chi connectivity index (χ1n) is 9.59. The van der Waals surface area contributed by atoms with Gasteiger partial charge in [0.05, 0.1) is 35.6 Å². The predicted molar refractivity (Wildman–Crippen MR) is 112 cm³/mol. The number of carbonyl (C=O) groups is 2. The number of imide groups is 1. The molecule has 7 nitrogen and oxygen atoms in total. The van der Waals surface area contributed by atoms with Gasteiger partial charge in [0, 0.05) is 13.6 Å². The van der Waals surface area contributed by atoms with Gasteiger partial charge in [0.15, 0.2) is 0 Å². The molecule has 1 N–H and O–H groups in total. The second-order valence-corrected chi connectivity index (χ2v) is 7.16. The first kappa shape index (κ1) is 21.1. The molecule has 0 unspecified atom stereocenters. The van der Waals surface area contributed by atoms with Crippen molar-refractivity contribution < 1.29 is 19.4 Å². The first-order valence-corrected chi connectivity index (χ1v) is 9.59. The highest BCUT2D eigenvalue weighted by Gasteiger charge is 2.41. The second kappa shape index (κ2) is 8.80. The van der Waals surface area contributed by atoms with Crippen LogP contribution in [0, 0.1) is 11.3 Å². The molecule has 1 aliphatic rings. The fourth-order valence-corrected chi connectivity index (χ4v) is 3.29. The summed E-state index contributed by atoms with van der Waals surface area (Å²) in [5.41, 5.74) is 1.88. The lowest BCUT2D eigenvalue weighted by molar-refractivity contribution is -0.120. The fraction of sp³-hybridized carbons (Fsp3) is 0.261. The third-order valence-electron chi connectivity index (χ3n) is 4.65. The van der Waals surface area contributed by atoms with Gasteiger partial charge in [0.2, 0.25) is 0 Å². The second-order valence-electron chi connectivity index (χ2n) is 7.16. The topological polar surface area (TPSA) is 93.9 Å². The molecular weight excluding hydrogens is 382 g/mol. The van der Waals surface area contributed by atoms with Crippen LogP contribution in [0.4, 0.5) is 5.69 Å². The molecule has 0 radical (unpaired) electrons. The van der Waals surface area contributed by atoms with E-state index in [2.05, 4.69) is 0 Å². The highest BCUT2D eigenvalue weighted by molar-refractivity contribution is 6.45. The van der Waals surface area contributed by atoms with Crippen LogP contribution in [-0.2, 0) is 9.59 Å². The van der Waals surface area contributed by atoms with Crippen molar-refractivity contribution >= 4 is 23.1 Å². The van der Waals surface area contributed by atoms with Crippen LogP contribution in [0.2, 0.25) is 0 Å². The molecule has 0 atom stereocenters. The lowest BCUT2D eigenvalue weighted by atomic mass is 10.0. The lowest BCUT2D eigenvalue weighted by Gasteiger charge is -2.20. The van der Waals surface area contributed by atoms with Gasteiger partial charge in [-0.3, -0.25) is 9.59 Å². The van der Waals surface area contributed by atoms with Gasteiger partial charge in [-0.05, 0) is 55.8 Å². The first-order chi connectivity index (χ1) is 14.4. The molecule has 0 saturated carbocycles. The van der Waals surface area contributed by atoms with E-state index in [4.69, 9.17) is 10.00 Å². The highest BCUT2D eigenvalue weighted by Crippen LogP contribution is 2.35. The Morgan fingerprint density at radius 2 is 1.70 bits per heavy atom. The molecule has 0 fully saturated rings. The van der Waals surface area contributed by atoms with Crippen LogP contribution < -0.4 is 9.64 Å². The Morgan fingerprint density at radius 3 is 2.23 bits per heavy atom. The SMILES string of the molecule is CC(C)Oc1ccc(C2=C(N(C)CCO)C(=O)N(c3ccc(C#N)cc3)C2=O)cc1. The smallest absolute Gasteiger partial charge is 0.282 e. The molecule has 30 heavy (non-hydrogen) atoms. The van der Waals surface area contributed by atoms with Gasteiger partial charge in [-0.15, -0.1) is 0 Å². The number of hydrogen-bond acceptors (Lipinski definition) is 6. The van der Waals surface area contributed by atoms with Gasteiger partial charge < -0.3 is 14.7 Å². The number of nitrogens with zero attached hydrogens (tertiary/aromatic N) is 3. The molecule has 1 heterocycles. The van der Waals surface area contributed by atoms with Crippen LogP contribution in [0.25, 0.3) is 5.57 Å². The summed E-state index contributed by atoms with van der Waals surface area (Å²) < 4.78 is 5.66. The standard InChI is InChI=1S/C23H23N3O4/c1-15(2)30-19-10-6-17(7-11-19)20-21(25(3)12-13-27)23(29)26(22(20)28)18-8-4-16(14-24)5-9-18/h4-11,15,27H,12-13H2,1-3H3. The van der Waals surface area contributed by atoms with E-state index in [1.54, 1.807) is 60.5 Å². The van der Waals surface area contributed by atoms with Crippen LogP contribution in [0.15, 0.2) is 54.2 Å². The molecular formula is C23H23N3O4. The minimum atomic E-state index is -0.474. The van der Waals surface area contributed by atoms with E-state index in [9.17, 15) is 14.7 Å². The monoisotopic (exact) mass is 405 g/mol. The molecule has 2 aromatic carbocycles. The third kappa shape index (κ3) is 4.04. The Kier molecular flexibility index (Phi) is 6.19. The summed E-state index contributed by atoms with van der Waals surface area (Å²) in [6.07, 6.45) is 0.0166. The van der Waals surface area contributed by atoms with Crippen molar-refractivity contribution in [3.63, 3.8) is 0 Å². The number of carbonyl (C=O) groups excluding carboxylic acids is 2. The van der Waals surface area contributed by atoms with Gasteiger partial charge in [0.25, 0.3) is 11.8 Å². The number of aliphatic hydroxyl groups is 1. The van der Waals surface area contributed by atoms with E-state index < -0.39 is 11.8 Å². The maximum atomic E-state index is 13.3. The number of amides is 2. The average Bonchev–Trinajstić information content (AvgIpc) is 2.99. The number of anilines is 1. The summed E-state index contributed by atoms with van der Waals surface area (Å²) in [5, 5.41) is 18.3. The van der Waals surface area contributed by atoms with E-state index in [1.165, 1.54) is 0 Å². The summed E-state index contributed by atoms with van der Waals surface area (Å²) in [7, 11) is 1.66. The van der Waals surface area contributed by atoms with E-state index >= 15 is 0 Å². The number of nitriles is 1. The number of ether oxygens (including phenoxy) is 1. The predicted octanol–water partition coefficient (Wildman–Crippen LogP) is 2.55. The van der Waals surface area contributed by atoms with E-state index in [-0.39, 0.29) is 30.5 Å². The Bertz CT molecular complexity index is 1020. The zero-order valence-corrected chi connectivity index (χ0v) is 17.1. The van der Waals surface area contributed by atoms with Crippen molar-refractivity contribution in [2.24, 2.45) is 0 Å². The average molecular weight is 405 g/mol. The number of rotatable bonds is 7. The summed E-state index contributed by atoms with van der Waals surface area (Å²) in [6.45, 7) is 3.89. The minimum Gasteiger partial charge on any atom is -0.491 e. The number of aliphatic hydroxyl groups excluding tert-OH is 1. The van der Waals surface area contributed by atoms with Crippen molar-refractivity contribution in [3.05, 3.63) is 65.4 Å². The summed E-state index contributed by atoms with van der Waals surface area (Å²) in [5.74, 6) is -0.263. The zero-order valence-electron chi connectivity index (χ0n) is 17.1. The van der Waals surface area contributed by atoms with Gasteiger partial charge in [-0.2, -0.15) is 5.26 Å². The van der Waals surface area contributed by atoms with Crippen LogP contribution >= 0.6 is 0 Å². The largest absolute Gasteiger partial charge is 0.491 e. The fourth-order valence-electron chi connectivity index (χ4n) is 3.29. The molecule has 0 bridgehead atoms. The van der Waals surface area contributed by atoms with Crippen LogP contribution in [0.5, 0.6) is 5.75 Å². The Morgan fingerprint density at radius 1 is 1.07 bits per heavy atom. The van der Waals surface area contributed by atoms with Gasteiger partial charge in [-0.25, -0.2) is 4.90 Å². The normalized spacial score (nSPS) is 13.8. The molecule has 3 rings (SSSR count). The van der Waals surface area contributed by atoms with Gasteiger partial charge in [0.1, 0.15) is 11.4 Å². The minimum absolute atomic E-state index is 0.0166. The quantitative estimate of drug-likeness (QED) is 0.712. The van der Waals surface area contributed by atoms with Crippen LogP contribution in [0.3, 0.4) is 0 Å². The van der Waals surface area contributed by atoms with Crippen molar-refractivity contribution in [3.8, 4) is 11.8 Å². The Labute approximate surface area is 175 Å². The molecule has 1 aliphatic heterocycles. The maximum Gasteiger partial charge on any atom is 0.282 e. The number of hydrogen-bond donors (Lipinski definition) is 1. The van der Waals surface area contributed by atoms with E-state index in [0.29, 0.717) is 22.6 Å². The van der Waals surface area contributed by atoms with E-state index in [0.717, 1.165) is 4.90 Å². The Hall–Kier alpha value is -3.63. The van der Waals surface area contributed by atoms with Crippen molar-refractivity contribution in [2.75, 3.05) is 25.1 Å². The van der Waals surface area contributed by atoms with Gasteiger partial charge >= 0.3 is 0 Å². The molecule has 0 aromatic heterocycles. The van der Waals surface area contributed by atoms with Crippen LogP contribution in [0.1, 0.15) is 25.0 Å². The van der Waals surface area contributed by atoms with Crippen molar-refractivity contribution in [1.82, 2.24) is 4.90 Å². The summed E-state index contributed by atoms with van der Waals surface area (Å²) >= 11 is 0. The zero-order chi connectivity index (χ0) is 21.8. The molecule has 0 spiro atoms. The number of benzene rings is 2. The van der Waals surface area contributed by atoms with Crippen molar-refractivity contribution in [1.29, 1.82) is 5.26 Å². The highest BCUT2D eigenvalue weighted by atomic mass is 16.5. The summed E-state index contributed by atoms with van der Waals surface area (Å²) in [4.78, 5) is 29.2. The van der Waals surface area contributed by atoms with E-state index in [1.807, 2.05) is 19.9 Å². The molecule has 2 amide bonds. The van der Waals surface area contributed by atoms with Gasteiger partial charge in [-0.1, -0.05) is 12.1 Å². The van der Waals surface area contributed by atoms with Crippen molar-refractivity contribution in [2.45, 2.75) is 20.0 Å². The Balaban J connectivity index is 2.04. The molecule has 154 valence electrons. The molecule has 2 aromatic rings. The third-order valence-corrected chi connectivity index (χ3v) is 4.65. The molecule has 7 heteroatoms. The molecule has 0 aliphatic carbocycles. The molecule has 0 saturated heterocycles. The number of likely N-dealkylation sites (N-methyl/N-ethyl adjacent to an activating group) is 1. The summed E-state index contributed by atoms with van der Waals surface area (Å²) in [6, 6.07) is 15.3. The lowest BCUT2D eigenvalue weighted by Crippen LogP contribution is -2.34.